The number of alkyl halides is 3. The number of piperidine rings is 1. The molecule has 0 aromatic heterocycles. The van der Waals surface area contributed by atoms with E-state index in [-0.39, 0.29) is 24.8 Å². The van der Waals surface area contributed by atoms with E-state index in [2.05, 4.69) is 10.6 Å². The molecule has 1 amide bonds. The molecule has 2 fully saturated rings. The molecular weight excluding hydrogens is 333 g/mol. The zero-order valence-corrected chi connectivity index (χ0v) is 13.9. The van der Waals surface area contributed by atoms with Gasteiger partial charge in [-0.05, 0) is 49.8 Å². The normalized spacial score (nSPS) is 25.6. The summed E-state index contributed by atoms with van der Waals surface area (Å²) in [5.41, 5.74) is -0.741. The van der Waals surface area contributed by atoms with Gasteiger partial charge >= 0.3 is 6.18 Å². The first-order chi connectivity index (χ1) is 11.9. The molecule has 2 atom stereocenters. The predicted octanol–water partition coefficient (Wildman–Crippen LogP) is 3.12. The van der Waals surface area contributed by atoms with Crippen molar-refractivity contribution in [1.29, 1.82) is 0 Å². The zero-order chi connectivity index (χ0) is 17.9. The van der Waals surface area contributed by atoms with Gasteiger partial charge < -0.3 is 15.4 Å². The lowest BCUT2D eigenvalue weighted by Gasteiger charge is -2.28. The summed E-state index contributed by atoms with van der Waals surface area (Å²) >= 11 is 0. The number of halogens is 3. The van der Waals surface area contributed by atoms with Gasteiger partial charge in [0.2, 0.25) is 5.91 Å². The van der Waals surface area contributed by atoms with Crippen molar-refractivity contribution >= 4 is 5.91 Å². The Bertz CT molecular complexity index is 594. The lowest BCUT2D eigenvalue weighted by Crippen LogP contribution is -2.40. The molecule has 138 valence electrons. The average molecular weight is 356 g/mol. The van der Waals surface area contributed by atoms with Gasteiger partial charge in [0.25, 0.3) is 0 Å². The molecule has 4 nitrogen and oxygen atoms in total. The van der Waals surface area contributed by atoms with Crippen molar-refractivity contribution < 1.29 is 22.7 Å². The highest BCUT2D eigenvalue weighted by Crippen LogP contribution is 2.33. The van der Waals surface area contributed by atoms with Crippen molar-refractivity contribution in [3.8, 4) is 5.75 Å². The Labute approximate surface area is 145 Å². The van der Waals surface area contributed by atoms with Crippen molar-refractivity contribution in [3.05, 3.63) is 29.8 Å². The van der Waals surface area contributed by atoms with E-state index in [4.69, 9.17) is 4.74 Å². The van der Waals surface area contributed by atoms with Crippen LogP contribution in [0, 0.1) is 5.92 Å². The summed E-state index contributed by atoms with van der Waals surface area (Å²) in [4.78, 5) is 12.0. The molecule has 2 aliphatic rings. The molecule has 1 aromatic carbocycles. The fourth-order valence-electron chi connectivity index (χ4n) is 3.80. The molecule has 2 unspecified atom stereocenters. The molecule has 0 radical (unpaired) electrons. The summed E-state index contributed by atoms with van der Waals surface area (Å²) < 4.78 is 43.2. The van der Waals surface area contributed by atoms with E-state index in [0.717, 1.165) is 25.0 Å². The number of hydrogen-bond acceptors (Lipinski definition) is 3. The van der Waals surface area contributed by atoms with Gasteiger partial charge in [0.05, 0.1) is 12.1 Å². The molecule has 25 heavy (non-hydrogen) atoms. The van der Waals surface area contributed by atoms with Crippen molar-refractivity contribution in [3.63, 3.8) is 0 Å². The van der Waals surface area contributed by atoms with Crippen LogP contribution in [0.3, 0.4) is 0 Å². The van der Waals surface area contributed by atoms with Crippen LogP contribution >= 0.6 is 0 Å². The molecule has 2 bridgehead atoms. The van der Waals surface area contributed by atoms with Crippen LogP contribution in [-0.4, -0.2) is 31.1 Å². The predicted molar refractivity (Wildman–Crippen MR) is 87.2 cm³/mol. The topological polar surface area (TPSA) is 50.4 Å². The maximum Gasteiger partial charge on any atom is 0.416 e. The molecule has 7 heteroatoms. The van der Waals surface area contributed by atoms with E-state index in [1.807, 2.05) is 0 Å². The van der Waals surface area contributed by atoms with Crippen molar-refractivity contribution in [2.24, 2.45) is 5.92 Å². The lowest BCUT2D eigenvalue weighted by molar-refractivity contribution is -0.137. The lowest BCUT2D eigenvalue weighted by atomic mass is 9.89. The highest BCUT2D eigenvalue weighted by molar-refractivity contribution is 5.76. The molecule has 0 spiro atoms. The van der Waals surface area contributed by atoms with Crippen LogP contribution in [0.15, 0.2) is 24.3 Å². The van der Waals surface area contributed by atoms with Crippen molar-refractivity contribution in [1.82, 2.24) is 10.6 Å². The van der Waals surface area contributed by atoms with E-state index in [9.17, 15) is 18.0 Å². The van der Waals surface area contributed by atoms with Crippen LogP contribution in [0.25, 0.3) is 0 Å². The second kappa shape index (κ2) is 7.64. The SMILES string of the molecule is O=C(CC1CC2CCC(C1)N2)NCCOc1cccc(C(F)(F)F)c1. The summed E-state index contributed by atoms with van der Waals surface area (Å²) in [6.07, 6.45) is 0.622. The quantitative estimate of drug-likeness (QED) is 0.770. The first kappa shape index (κ1) is 18.0. The third-order valence-electron chi connectivity index (χ3n) is 4.90. The zero-order valence-electron chi connectivity index (χ0n) is 13.9. The number of fused-ring (bicyclic) bond motifs is 2. The Morgan fingerprint density at radius 2 is 1.96 bits per heavy atom. The Balaban J connectivity index is 1.36. The van der Waals surface area contributed by atoms with Gasteiger partial charge in [0.1, 0.15) is 12.4 Å². The first-order valence-corrected chi connectivity index (χ1v) is 8.73. The number of benzene rings is 1. The van der Waals surface area contributed by atoms with E-state index in [0.29, 0.717) is 24.4 Å². The number of carbonyl (C=O) groups excluding carboxylic acids is 1. The van der Waals surface area contributed by atoms with E-state index in [1.54, 1.807) is 0 Å². The Hall–Kier alpha value is -1.76. The summed E-state index contributed by atoms with van der Waals surface area (Å²) in [5, 5.41) is 6.34. The highest BCUT2D eigenvalue weighted by atomic mass is 19.4. The van der Waals surface area contributed by atoms with Gasteiger partial charge in [-0.3, -0.25) is 4.79 Å². The fraction of sp³-hybridized carbons (Fsp3) is 0.611. The van der Waals surface area contributed by atoms with Crippen molar-refractivity contribution in [2.45, 2.75) is 50.4 Å². The minimum Gasteiger partial charge on any atom is -0.492 e. The van der Waals surface area contributed by atoms with Crippen LogP contribution in [0.5, 0.6) is 5.75 Å². The monoisotopic (exact) mass is 356 g/mol. The van der Waals surface area contributed by atoms with Gasteiger partial charge in [0.15, 0.2) is 0 Å². The summed E-state index contributed by atoms with van der Waals surface area (Å²) in [6.45, 7) is 0.428. The van der Waals surface area contributed by atoms with Gasteiger partial charge in [0, 0.05) is 18.5 Å². The molecule has 2 N–H and O–H groups in total. The van der Waals surface area contributed by atoms with Gasteiger partial charge in [-0.2, -0.15) is 13.2 Å². The molecule has 2 saturated heterocycles. The number of hydrogen-bond donors (Lipinski definition) is 2. The maximum absolute atomic E-state index is 12.6. The number of nitrogens with one attached hydrogen (secondary N) is 2. The summed E-state index contributed by atoms with van der Waals surface area (Å²) in [5.74, 6) is 0.557. The van der Waals surface area contributed by atoms with E-state index in [1.165, 1.54) is 25.0 Å². The van der Waals surface area contributed by atoms with E-state index >= 15 is 0 Å². The fourth-order valence-corrected chi connectivity index (χ4v) is 3.80. The molecule has 3 rings (SSSR count). The van der Waals surface area contributed by atoms with Crippen LogP contribution in [0.4, 0.5) is 13.2 Å². The Kier molecular flexibility index (Phi) is 5.51. The third-order valence-corrected chi connectivity index (χ3v) is 4.90. The van der Waals surface area contributed by atoms with Crippen LogP contribution in [0.2, 0.25) is 0 Å². The smallest absolute Gasteiger partial charge is 0.416 e. The molecule has 2 aliphatic heterocycles. The standard InChI is InChI=1S/C18H23F3N2O2/c19-18(20,21)13-2-1-3-16(11-13)25-7-6-22-17(24)10-12-8-14-4-5-15(9-12)23-14/h1-3,11-12,14-15,23H,4-10H2,(H,22,24). The summed E-state index contributed by atoms with van der Waals surface area (Å²) in [6, 6.07) is 5.86. The minimum absolute atomic E-state index is 0.0149. The van der Waals surface area contributed by atoms with Gasteiger partial charge in [-0.1, -0.05) is 6.07 Å². The largest absolute Gasteiger partial charge is 0.492 e. The molecule has 0 aliphatic carbocycles. The number of rotatable bonds is 6. The number of amides is 1. The molecule has 1 aromatic rings. The second-order valence-corrected chi connectivity index (χ2v) is 6.90. The summed E-state index contributed by atoms with van der Waals surface area (Å²) in [7, 11) is 0. The molecule has 2 heterocycles. The van der Waals surface area contributed by atoms with Gasteiger partial charge in [-0.15, -0.1) is 0 Å². The molecular formula is C18H23F3N2O2. The highest BCUT2D eigenvalue weighted by Gasteiger charge is 2.34. The van der Waals surface area contributed by atoms with Gasteiger partial charge in [-0.25, -0.2) is 0 Å². The minimum atomic E-state index is -4.39. The first-order valence-electron chi connectivity index (χ1n) is 8.73. The van der Waals surface area contributed by atoms with Crippen LogP contribution < -0.4 is 15.4 Å². The number of carbonyl (C=O) groups is 1. The molecule has 0 saturated carbocycles. The Morgan fingerprint density at radius 3 is 2.64 bits per heavy atom. The van der Waals surface area contributed by atoms with Crippen molar-refractivity contribution in [2.75, 3.05) is 13.2 Å². The Morgan fingerprint density at radius 1 is 1.24 bits per heavy atom. The van der Waals surface area contributed by atoms with E-state index < -0.39 is 11.7 Å². The second-order valence-electron chi connectivity index (χ2n) is 6.90. The maximum atomic E-state index is 12.6. The average Bonchev–Trinajstić information content (AvgIpc) is 2.90. The van der Waals surface area contributed by atoms with Crippen LogP contribution in [-0.2, 0) is 11.0 Å². The third kappa shape index (κ3) is 5.11. The number of ether oxygens (including phenoxy) is 1. The van der Waals surface area contributed by atoms with Crippen LogP contribution in [0.1, 0.15) is 37.7 Å².